The van der Waals surface area contributed by atoms with Crippen LogP contribution in [0.15, 0.2) is 46.9 Å². The number of furan rings is 1. The average Bonchev–Trinajstić information content (AvgIpc) is 2.81. The highest BCUT2D eigenvalue weighted by Crippen LogP contribution is 2.13. The van der Waals surface area contributed by atoms with E-state index in [2.05, 4.69) is 5.32 Å². The molecule has 96 valence electrons. The zero-order valence-electron chi connectivity index (χ0n) is 9.97. The van der Waals surface area contributed by atoms with Gasteiger partial charge in [0.1, 0.15) is 5.76 Å². The van der Waals surface area contributed by atoms with Crippen LogP contribution in [0.3, 0.4) is 0 Å². The topological polar surface area (TPSA) is 45.4 Å². The summed E-state index contributed by atoms with van der Waals surface area (Å²) in [5, 5.41) is 13.0. The van der Waals surface area contributed by atoms with E-state index in [0.717, 1.165) is 12.2 Å². The molecule has 0 aliphatic carbocycles. The maximum absolute atomic E-state index is 9.35. The SMILES string of the molecule is OCC(Cc1ccccc1)NCc1ccc(Cl)o1. The first-order chi connectivity index (χ1) is 8.78. The van der Waals surface area contributed by atoms with Gasteiger partial charge in [0.2, 0.25) is 0 Å². The summed E-state index contributed by atoms with van der Waals surface area (Å²) in [6.07, 6.45) is 0.784. The van der Waals surface area contributed by atoms with Gasteiger partial charge in [-0.3, -0.25) is 0 Å². The Bertz CT molecular complexity index is 470. The molecule has 2 N–H and O–H groups in total. The minimum atomic E-state index is 0.0104. The van der Waals surface area contributed by atoms with E-state index >= 15 is 0 Å². The van der Waals surface area contributed by atoms with Crippen molar-refractivity contribution >= 4 is 11.6 Å². The van der Waals surface area contributed by atoms with Crippen molar-refractivity contribution in [3.8, 4) is 0 Å². The molecule has 1 aromatic heterocycles. The Hall–Kier alpha value is -1.29. The molecule has 0 spiro atoms. The summed E-state index contributed by atoms with van der Waals surface area (Å²) in [6, 6.07) is 13.6. The summed E-state index contributed by atoms with van der Waals surface area (Å²) >= 11 is 5.70. The number of benzene rings is 1. The highest BCUT2D eigenvalue weighted by Gasteiger charge is 2.09. The quantitative estimate of drug-likeness (QED) is 0.844. The van der Waals surface area contributed by atoms with Crippen molar-refractivity contribution < 1.29 is 9.52 Å². The molecule has 2 aromatic rings. The van der Waals surface area contributed by atoms with Gasteiger partial charge in [-0.15, -0.1) is 0 Å². The van der Waals surface area contributed by atoms with Crippen LogP contribution >= 0.6 is 11.6 Å². The van der Waals surface area contributed by atoms with Crippen molar-refractivity contribution in [1.82, 2.24) is 5.32 Å². The highest BCUT2D eigenvalue weighted by molar-refractivity contribution is 6.28. The second-order valence-corrected chi connectivity index (χ2v) is 4.53. The molecule has 18 heavy (non-hydrogen) atoms. The van der Waals surface area contributed by atoms with Gasteiger partial charge in [-0.25, -0.2) is 0 Å². The fourth-order valence-electron chi connectivity index (χ4n) is 1.79. The summed E-state index contributed by atoms with van der Waals surface area (Å²) in [7, 11) is 0. The van der Waals surface area contributed by atoms with Crippen molar-refractivity contribution in [2.75, 3.05) is 6.61 Å². The lowest BCUT2D eigenvalue weighted by atomic mass is 10.1. The molecule has 0 saturated carbocycles. The Labute approximate surface area is 111 Å². The van der Waals surface area contributed by atoms with E-state index in [4.69, 9.17) is 16.0 Å². The van der Waals surface area contributed by atoms with Crippen LogP contribution in [0.2, 0.25) is 5.22 Å². The second-order valence-electron chi connectivity index (χ2n) is 4.16. The summed E-state index contributed by atoms with van der Waals surface area (Å²) < 4.78 is 5.25. The fraction of sp³-hybridized carbons (Fsp3) is 0.286. The predicted molar refractivity (Wildman–Crippen MR) is 71.6 cm³/mol. The number of hydrogen-bond donors (Lipinski definition) is 2. The third kappa shape index (κ3) is 3.88. The zero-order valence-corrected chi connectivity index (χ0v) is 10.7. The van der Waals surface area contributed by atoms with Gasteiger partial charge < -0.3 is 14.8 Å². The van der Waals surface area contributed by atoms with Crippen LogP contribution in [0.25, 0.3) is 0 Å². The molecular formula is C14H16ClNO2. The van der Waals surface area contributed by atoms with Crippen LogP contribution in [0, 0.1) is 0 Å². The zero-order chi connectivity index (χ0) is 12.8. The normalized spacial score (nSPS) is 12.6. The predicted octanol–water partition coefficient (Wildman–Crippen LogP) is 2.63. The summed E-state index contributed by atoms with van der Waals surface area (Å²) in [4.78, 5) is 0. The molecule has 1 aromatic carbocycles. The van der Waals surface area contributed by atoms with Crippen LogP contribution in [-0.2, 0) is 13.0 Å². The Morgan fingerprint density at radius 1 is 1.17 bits per heavy atom. The van der Waals surface area contributed by atoms with Gasteiger partial charge in [0.25, 0.3) is 0 Å². The first-order valence-corrected chi connectivity index (χ1v) is 6.28. The minimum absolute atomic E-state index is 0.0104. The van der Waals surface area contributed by atoms with E-state index in [-0.39, 0.29) is 12.6 Å². The van der Waals surface area contributed by atoms with Crippen LogP contribution in [0.1, 0.15) is 11.3 Å². The number of aliphatic hydroxyl groups excluding tert-OH is 1. The summed E-state index contributed by atoms with van der Waals surface area (Å²) in [5.74, 6) is 0.770. The van der Waals surface area contributed by atoms with E-state index in [1.165, 1.54) is 5.56 Å². The molecule has 0 bridgehead atoms. The molecule has 0 radical (unpaired) electrons. The molecule has 0 fully saturated rings. The first-order valence-electron chi connectivity index (χ1n) is 5.90. The Morgan fingerprint density at radius 2 is 1.94 bits per heavy atom. The van der Waals surface area contributed by atoms with Gasteiger partial charge in [0.15, 0.2) is 5.22 Å². The number of hydrogen-bond acceptors (Lipinski definition) is 3. The van der Waals surface area contributed by atoms with E-state index in [1.807, 2.05) is 36.4 Å². The number of rotatable bonds is 6. The minimum Gasteiger partial charge on any atom is -0.448 e. The molecule has 1 heterocycles. The highest BCUT2D eigenvalue weighted by atomic mass is 35.5. The van der Waals surface area contributed by atoms with E-state index in [1.54, 1.807) is 6.07 Å². The van der Waals surface area contributed by atoms with E-state index < -0.39 is 0 Å². The lowest BCUT2D eigenvalue weighted by molar-refractivity contribution is 0.238. The third-order valence-electron chi connectivity index (χ3n) is 2.74. The van der Waals surface area contributed by atoms with Gasteiger partial charge in [-0.2, -0.15) is 0 Å². The molecule has 1 atom stereocenters. The standard InChI is InChI=1S/C14H16ClNO2/c15-14-7-6-13(18-14)9-16-12(10-17)8-11-4-2-1-3-5-11/h1-7,12,16-17H,8-10H2. The van der Waals surface area contributed by atoms with Gasteiger partial charge in [0, 0.05) is 6.04 Å². The fourth-order valence-corrected chi connectivity index (χ4v) is 1.95. The molecule has 2 rings (SSSR count). The third-order valence-corrected chi connectivity index (χ3v) is 2.94. The number of nitrogens with one attached hydrogen (secondary N) is 1. The molecule has 3 nitrogen and oxygen atoms in total. The molecule has 4 heteroatoms. The number of halogens is 1. The maximum atomic E-state index is 9.35. The van der Waals surface area contributed by atoms with Crippen molar-refractivity contribution in [2.24, 2.45) is 0 Å². The van der Waals surface area contributed by atoms with Crippen LogP contribution in [0.4, 0.5) is 0 Å². The second kappa shape index (κ2) is 6.59. The molecule has 0 aliphatic heterocycles. The molecule has 0 aliphatic rings. The average molecular weight is 266 g/mol. The Morgan fingerprint density at radius 3 is 2.56 bits per heavy atom. The maximum Gasteiger partial charge on any atom is 0.193 e. The Balaban J connectivity index is 1.86. The smallest absolute Gasteiger partial charge is 0.193 e. The van der Waals surface area contributed by atoms with Gasteiger partial charge >= 0.3 is 0 Å². The van der Waals surface area contributed by atoms with Crippen LogP contribution in [0.5, 0.6) is 0 Å². The lowest BCUT2D eigenvalue weighted by Crippen LogP contribution is -2.33. The first kappa shape index (κ1) is 13.1. The van der Waals surface area contributed by atoms with Crippen molar-refractivity contribution in [3.63, 3.8) is 0 Å². The Kier molecular flexibility index (Phi) is 4.81. The van der Waals surface area contributed by atoms with Crippen molar-refractivity contribution in [2.45, 2.75) is 19.0 Å². The van der Waals surface area contributed by atoms with Crippen LogP contribution < -0.4 is 5.32 Å². The van der Waals surface area contributed by atoms with E-state index in [0.29, 0.717) is 11.8 Å². The molecule has 0 saturated heterocycles. The summed E-state index contributed by atoms with van der Waals surface area (Å²) in [5.41, 5.74) is 1.20. The molecular weight excluding hydrogens is 250 g/mol. The molecule has 1 unspecified atom stereocenters. The van der Waals surface area contributed by atoms with Crippen molar-refractivity contribution in [3.05, 3.63) is 59.0 Å². The largest absolute Gasteiger partial charge is 0.448 e. The van der Waals surface area contributed by atoms with Gasteiger partial charge in [0.05, 0.1) is 13.2 Å². The van der Waals surface area contributed by atoms with Crippen molar-refractivity contribution in [1.29, 1.82) is 0 Å². The lowest BCUT2D eigenvalue weighted by Gasteiger charge is -2.15. The van der Waals surface area contributed by atoms with E-state index in [9.17, 15) is 5.11 Å². The monoisotopic (exact) mass is 265 g/mol. The van der Waals surface area contributed by atoms with Gasteiger partial charge in [-0.1, -0.05) is 30.3 Å². The number of aliphatic hydroxyl groups is 1. The molecule has 0 amide bonds. The summed E-state index contributed by atoms with van der Waals surface area (Å²) in [6.45, 7) is 0.647. The van der Waals surface area contributed by atoms with Gasteiger partial charge in [-0.05, 0) is 35.7 Å². The van der Waals surface area contributed by atoms with Crippen LogP contribution in [-0.4, -0.2) is 17.8 Å².